The lowest BCUT2D eigenvalue weighted by molar-refractivity contribution is -0.131. The van der Waals surface area contributed by atoms with E-state index in [9.17, 15) is 4.79 Å². The van der Waals surface area contributed by atoms with Crippen LogP contribution in [0.4, 0.5) is 5.69 Å². The molecular weight excluding hydrogens is 288 g/mol. The summed E-state index contributed by atoms with van der Waals surface area (Å²) in [5.74, 6) is -0.954. The molecule has 0 amide bonds. The van der Waals surface area contributed by atoms with Crippen molar-refractivity contribution in [3.63, 3.8) is 0 Å². The van der Waals surface area contributed by atoms with Gasteiger partial charge in [0.2, 0.25) is 0 Å². The number of nitrogens with zero attached hydrogens (tertiary/aromatic N) is 2. The summed E-state index contributed by atoms with van der Waals surface area (Å²) in [7, 11) is 2.13. The van der Waals surface area contributed by atoms with Crippen molar-refractivity contribution in [1.82, 2.24) is 4.90 Å². The van der Waals surface area contributed by atoms with Crippen molar-refractivity contribution in [3.8, 4) is 0 Å². The predicted molar refractivity (Wildman–Crippen MR) is 87.0 cm³/mol. The molecule has 0 spiro atoms. The number of aliphatic carboxylic acids is 1. The first-order chi connectivity index (χ1) is 9.97. The molecule has 1 atom stereocenters. The zero-order valence-electron chi connectivity index (χ0n) is 12.4. The summed E-state index contributed by atoms with van der Waals surface area (Å²) < 4.78 is 0. The smallest absolute Gasteiger partial charge is 0.328 e. The highest BCUT2D eigenvalue weighted by atomic mass is 35.5. The average Bonchev–Trinajstić information content (AvgIpc) is 2.57. The molecule has 0 bridgehead atoms. The summed E-state index contributed by atoms with van der Waals surface area (Å²) in [5, 5.41) is 9.45. The lowest BCUT2D eigenvalue weighted by Gasteiger charge is -2.31. The Morgan fingerprint density at radius 3 is 2.90 bits per heavy atom. The molecule has 1 aliphatic rings. The third kappa shape index (κ3) is 4.22. The number of carboxylic acid groups (broad SMARTS) is 1. The van der Waals surface area contributed by atoms with E-state index in [4.69, 9.17) is 16.7 Å². The fourth-order valence-corrected chi connectivity index (χ4v) is 2.99. The fourth-order valence-electron chi connectivity index (χ4n) is 2.81. The Bertz CT molecular complexity index is 545. The minimum atomic E-state index is -0.954. The van der Waals surface area contributed by atoms with Crippen molar-refractivity contribution < 1.29 is 9.90 Å². The minimum Gasteiger partial charge on any atom is -0.478 e. The normalized spacial score (nSPS) is 20.7. The average molecular weight is 309 g/mol. The van der Waals surface area contributed by atoms with Crippen LogP contribution in [-0.4, -0.2) is 48.7 Å². The second kappa shape index (κ2) is 6.96. The Morgan fingerprint density at radius 2 is 2.19 bits per heavy atom. The minimum absolute atomic E-state index is 0.371. The van der Waals surface area contributed by atoms with Crippen LogP contribution in [0.5, 0.6) is 0 Å². The highest BCUT2D eigenvalue weighted by molar-refractivity contribution is 6.30. The number of hydrogen-bond donors (Lipinski definition) is 1. The third-order valence-corrected chi connectivity index (χ3v) is 3.99. The SMILES string of the molecule is CC1CN(C)CCCN1c1ccc(Cl)cc1/C=C/C(=O)O. The van der Waals surface area contributed by atoms with Crippen molar-refractivity contribution in [2.45, 2.75) is 19.4 Å². The number of halogens is 1. The molecule has 1 aromatic carbocycles. The molecule has 1 aliphatic heterocycles. The van der Waals surface area contributed by atoms with Crippen LogP contribution in [0.2, 0.25) is 5.02 Å². The number of likely N-dealkylation sites (N-methyl/N-ethyl adjacent to an activating group) is 1. The van der Waals surface area contributed by atoms with Gasteiger partial charge in [0.25, 0.3) is 0 Å². The molecule has 114 valence electrons. The third-order valence-electron chi connectivity index (χ3n) is 3.75. The highest BCUT2D eigenvalue weighted by Crippen LogP contribution is 2.28. The molecule has 1 N–H and O–H groups in total. The lowest BCUT2D eigenvalue weighted by atomic mass is 10.1. The Hall–Kier alpha value is -1.52. The summed E-state index contributed by atoms with van der Waals surface area (Å²) in [6, 6.07) is 6.02. The van der Waals surface area contributed by atoms with Crippen LogP contribution in [0.1, 0.15) is 18.9 Å². The van der Waals surface area contributed by atoms with Gasteiger partial charge in [-0.3, -0.25) is 0 Å². The first-order valence-corrected chi connectivity index (χ1v) is 7.51. The van der Waals surface area contributed by atoms with Gasteiger partial charge in [-0.25, -0.2) is 4.79 Å². The molecular formula is C16H21ClN2O2. The number of anilines is 1. The van der Waals surface area contributed by atoms with E-state index >= 15 is 0 Å². The summed E-state index contributed by atoms with van der Waals surface area (Å²) in [6.45, 7) is 5.22. The van der Waals surface area contributed by atoms with Crippen LogP contribution in [0, 0.1) is 0 Å². The first kappa shape index (κ1) is 15.9. The van der Waals surface area contributed by atoms with Crippen molar-refractivity contribution in [2.75, 3.05) is 31.6 Å². The highest BCUT2D eigenvalue weighted by Gasteiger charge is 2.21. The summed E-state index contributed by atoms with van der Waals surface area (Å²) in [5.41, 5.74) is 1.89. The van der Waals surface area contributed by atoms with Gasteiger partial charge in [0, 0.05) is 35.9 Å². The standard InChI is InChI=1S/C16H21ClN2O2/c1-12-11-18(2)8-3-9-19(12)15-6-5-14(17)10-13(15)4-7-16(20)21/h4-7,10,12H,3,8-9,11H2,1-2H3,(H,20,21)/b7-4+. The van der Waals surface area contributed by atoms with Crippen molar-refractivity contribution in [2.24, 2.45) is 0 Å². The molecule has 4 nitrogen and oxygen atoms in total. The second-order valence-electron chi connectivity index (χ2n) is 5.53. The van der Waals surface area contributed by atoms with Crippen LogP contribution < -0.4 is 4.90 Å². The van der Waals surface area contributed by atoms with Gasteiger partial charge < -0.3 is 14.9 Å². The van der Waals surface area contributed by atoms with E-state index in [1.54, 1.807) is 6.08 Å². The van der Waals surface area contributed by atoms with Crippen LogP contribution in [0.25, 0.3) is 6.08 Å². The van der Waals surface area contributed by atoms with E-state index < -0.39 is 5.97 Å². The molecule has 21 heavy (non-hydrogen) atoms. The Morgan fingerprint density at radius 1 is 1.43 bits per heavy atom. The molecule has 0 aromatic heterocycles. The number of hydrogen-bond acceptors (Lipinski definition) is 3. The molecule has 1 unspecified atom stereocenters. The van der Waals surface area contributed by atoms with Crippen LogP contribution >= 0.6 is 11.6 Å². The quantitative estimate of drug-likeness (QED) is 0.872. The Kier molecular flexibility index (Phi) is 5.26. The fraction of sp³-hybridized carbons (Fsp3) is 0.438. The Balaban J connectivity index is 2.35. The topological polar surface area (TPSA) is 43.8 Å². The van der Waals surface area contributed by atoms with E-state index in [0.717, 1.165) is 43.4 Å². The maximum Gasteiger partial charge on any atom is 0.328 e. The van der Waals surface area contributed by atoms with Gasteiger partial charge in [-0.15, -0.1) is 0 Å². The van der Waals surface area contributed by atoms with Crippen LogP contribution in [0.3, 0.4) is 0 Å². The molecule has 1 aromatic rings. The predicted octanol–water partition coefficient (Wildman–Crippen LogP) is 2.97. The first-order valence-electron chi connectivity index (χ1n) is 7.13. The molecule has 0 aliphatic carbocycles. The van der Waals surface area contributed by atoms with Crippen molar-refractivity contribution in [1.29, 1.82) is 0 Å². The number of rotatable bonds is 3. The number of carboxylic acids is 1. The van der Waals surface area contributed by atoms with Gasteiger partial charge in [0.1, 0.15) is 0 Å². The molecule has 1 fully saturated rings. The molecule has 2 rings (SSSR count). The largest absolute Gasteiger partial charge is 0.478 e. The van der Waals surface area contributed by atoms with Gasteiger partial charge in [0.15, 0.2) is 0 Å². The maximum atomic E-state index is 10.8. The second-order valence-corrected chi connectivity index (χ2v) is 5.97. The molecule has 1 saturated heterocycles. The molecule has 1 heterocycles. The summed E-state index contributed by atoms with van der Waals surface area (Å²) >= 11 is 6.05. The monoisotopic (exact) mass is 308 g/mol. The van der Waals surface area contributed by atoms with E-state index in [2.05, 4.69) is 23.8 Å². The van der Waals surface area contributed by atoms with Gasteiger partial charge in [0.05, 0.1) is 0 Å². The Labute approximate surface area is 130 Å². The van der Waals surface area contributed by atoms with E-state index in [0.29, 0.717) is 11.1 Å². The lowest BCUT2D eigenvalue weighted by Crippen LogP contribution is -2.38. The van der Waals surface area contributed by atoms with Crippen molar-refractivity contribution in [3.05, 3.63) is 34.9 Å². The molecule has 5 heteroatoms. The van der Waals surface area contributed by atoms with Gasteiger partial charge in [-0.1, -0.05) is 11.6 Å². The van der Waals surface area contributed by atoms with E-state index in [1.807, 2.05) is 18.2 Å². The van der Waals surface area contributed by atoms with Gasteiger partial charge in [-0.2, -0.15) is 0 Å². The van der Waals surface area contributed by atoms with Crippen molar-refractivity contribution >= 4 is 29.3 Å². The van der Waals surface area contributed by atoms with Crippen LogP contribution in [0.15, 0.2) is 24.3 Å². The van der Waals surface area contributed by atoms with Crippen LogP contribution in [-0.2, 0) is 4.79 Å². The summed E-state index contributed by atoms with van der Waals surface area (Å²) in [4.78, 5) is 15.4. The molecule has 0 radical (unpaired) electrons. The number of benzene rings is 1. The summed E-state index contributed by atoms with van der Waals surface area (Å²) in [6.07, 6.45) is 3.86. The molecule has 0 saturated carbocycles. The van der Waals surface area contributed by atoms with Gasteiger partial charge in [-0.05, 0) is 56.8 Å². The van der Waals surface area contributed by atoms with E-state index in [1.165, 1.54) is 0 Å². The zero-order valence-corrected chi connectivity index (χ0v) is 13.2. The zero-order chi connectivity index (χ0) is 15.4. The van der Waals surface area contributed by atoms with E-state index in [-0.39, 0.29) is 0 Å². The number of carbonyl (C=O) groups is 1. The maximum absolute atomic E-state index is 10.8. The van der Waals surface area contributed by atoms with Gasteiger partial charge >= 0.3 is 5.97 Å².